The molecule has 4 nitrogen and oxygen atoms in total. The molecule has 0 atom stereocenters. The lowest BCUT2D eigenvalue weighted by Crippen LogP contribution is -2.20. The SMILES string of the molecule is CC(C)n1cnnc1COC(C)(C)C. The molecule has 0 N–H and O–H groups in total. The Bertz CT molecular complexity index is 286. The van der Waals surface area contributed by atoms with Crippen LogP contribution in [0.1, 0.15) is 46.5 Å². The molecular formula is C10H19N3O. The van der Waals surface area contributed by atoms with E-state index in [1.807, 2.05) is 25.3 Å². The van der Waals surface area contributed by atoms with E-state index in [1.54, 1.807) is 6.33 Å². The Morgan fingerprint density at radius 3 is 2.57 bits per heavy atom. The van der Waals surface area contributed by atoms with E-state index in [2.05, 4.69) is 24.0 Å². The van der Waals surface area contributed by atoms with Crippen molar-refractivity contribution in [3.63, 3.8) is 0 Å². The van der Waals surface area contributed by atoms with Gasteiger partial charge in [-0.2, -0.15) is 0 Å². The molecular weight excluding hydrogens is 178 g/mol. The summed E-state index contributed by atoms with van der Waals surface area (Å²) in [6, 6.07) is 0.378. The lowest BCUT2D eigenvalue weighted by molar-refractivity contribution is -0.0197. The van der Waals surface area contributed by atoms with Gasteiger partial charge in [0.15, 0.2) is 5.82 Å². The molecule has 1 heterocycles. The molecule has 0 fully saturated rings. The summed E-state index contributed by atoms with van der Waals surface area (Å²) in [4.78, 5) is 0. The van der Waals surface area contributed by atoms with Crippen LogP contribution in [0, 0.1) is 0 Å². The molecule has 0 aliphatic rings. The molecule has 14 heavy (non-hydrogen) atoms. The van der Waals surface area contributed by atoms with E-state index in [0.717, 1.165) is 5.82 Å². The lowest BCUT2D eigenvalue weighted by atomic mass is 10.2. The van der Waals surface area contributed by atoms with E-state index in [4.69, 9.17) is 4.74 Å². The van der Waals surface area contributed by atoms with Crippen molar-refractivity contribution in [1.82, 2.24) is 14.8 Å². The van der Waals surface area contributed by atoms with Crippen molar-refractivity contribution in [2.45, 2.75) is 52.9 Å². The Morgan fingerprint density at radius 2 is 2.07 bits per heavy atom. The Kier molecular flexibility index (Phi) is 3.26. The molecule has 0 aliphatic heterocycles. The van der Waals surface area contributed by atoms with Crippen LogP contribution in [0.15, 0.2) is 6.33 Å². The molecule has 0 amide bonds. The van der Waals surface area contributed by atoms with Gasteiger partial charge in [0, 0.05) is 6.04 Å². The Balaban J connectivity index is 2.63. The first-order chi connectivity index (χ1) is 6.40. The summed E-state index contributed by atoms with van der Waals surface area (Å²) in [5.41, 5.74) is -0.131. The largest absolute Gasteiger partial charge is 0.368 e. The van der Waals surface area contributed by atoms with Crippen LogP contribution in [0.25, 0.3) is 0 Å². The van der Waals surface area contributed by atoms with Gasteiger partial charge in [-0.15, -0.1) is 10.2 Å². The smallest absolute Gasteiger partial charge is 0.159 e. The highest BCUT2D eigenvalue weighted by Gasteiger charge is 2.13. The summed E-state index contributed by atoms with van der Waals surface area (Å²) in [5.74, 6) is 0.884. The zero-order valence-corrected chi connectivity index (χ0v) is 9.61. The zero-order valence-electron chi connectivity index (χ0n) is 9.61. The third-order valence-electron chi connectivity index (χ3n) is 1.84. The number of hydrogen-bond donors (Lipinski definition) is 0. The first-order valence-corrected chi connectivity index (χ1v) is 4.92. The number of nitrogens with zero attached hydrogens (tertiary/aromatic N) is 3. The third-order valence-corrected chi connectivity index (χ3v) is 1.84. The monoisotopic (exact) mass is 197 g/mol. The third kappa shape index (κ3) is 3.10. The second-order valence-corrected chi connectivity index (χ2v) is 4.65. The van der Waals surface area contributed by atoms with Gasteiger partial charge in [0.1, 0.15) is 12.9 Å². The van der Waals surface area contributed by atoms with Gasteiger partial charge in [0.25, 0.3) is 0 Å². The second-order valence-electron chi connectivity index (χ2n) is 4.65. The summed E-state index contributed by atoms with van der Waals surface area (Å²) in [7, 11) is 0. The molecule has 0 bridgehead atoms. The van der Waals surface area contributed by atoms with Crippen molar-refractivity contribution in [3.05, 3.63) is 12.2 Å². The van der Waals surface area contributed by atoms with Gasteiger partial charge in [-0.05, 0) is 34.6 Å². The standard InChI is InChI=1S/C10H19N3O/c1-8(2)13-7-11-12-9(13)6-14-10(3,4)5/h7-8H,6H2,1-5H3. The maximum atomic E-state index is 5.64. The maximum absolute atomic E-state index is 5.64. The highest BCUT2D eigenvalue weighted by atomic mass is 16.5. The van der Waals surface area contributed by atoms with E-state index < -0.39 is 0 Å². The summed E-state index contributed by atoms with van der Waals surface area (Å²) in [6.45, 7) is 10.8. The van der Waals surface area contributed by atoms with Crippen LogP contribution in [-0.4, -0.2) is 20.4 Å². The number of ether oxygens (including phenoxy) is 1. The minimum atomic E-state index is -0.131. The molecule has 1 aromatic heterocycles. The fraction of sp³-hybridized carbons (Fsp3) is 0.800. The molecule has 1 rings (SSSR count). The first kappa shape index (κ1) is 11.2. The van der Waals surface area contributed by atoms with Gasteiger partial charge in [0.2, 0.25) is 0 Å². The quantitative estimate of drug-likeness (QED) is 0.745. The molecule has 1 aromatic rings. The van der Waals surface area contributed by atoms with Gasteiger partial charge >= 0.3 is 0 Å². The van der Waals surface area contributed by atoms with Crippen LogP contribution in [0.2, 0.25) is 0 Å². The highest BCUT2D eigenvalue weighted by Crippen LogP contribution is 2.12. The van der Waals surface area contributed by atoms with Crippen LogP contribution in [-0.2, 0) is 11.3 Å². The molecule has 4 heteroatoms. The maximum Gasteiger partial charge on any atom is 0.159 e. The second kappa shape index (κ2) is 4.09. The van der Waals surface area contributed by atoms with Crippen LogP contribution < -0.4 is 0 Å². The Hall–Kier alpha value is -0.900. The number of hydrogen-bond acceptors (Lipinski definition) is 3. The summed E-state index contributed by atoms with van der Waals surface area (Å²) >= 11 is 0. The molecule has 0 radical (unpaired) electrons. The van der Waals surface area contributed by atoms with Crippen molar-refractivity contribution in [2.24, 2.45) is 0 Å². The van der Waals surface area contributed by atoms with Crippen LogP contribution >= 0.6 is 0 Å². The van der Waals surface area contributed by atoms with E-state index >= 15 is 0 Å². The number of aromatic nitrogens is 3. The van der Waals surface area contributed by atoms with Crippen molar-refractivity contribution >= 4 is 0 Å². The van der Waals surface area contributed by atoms with Gasteiger partial charge in [-0.1, -0.05) is 0 Å². The average Bonchev–Trinajstić information content (AvgIpc) is 2.46. The Labute approximate surface area is 85.3 Å². The van der Waals surface area contributed by atoms with Gasteiger partial charge in [-0.25, -0.2) is 0 Å². The minimum absolute atomic E-state index is 0.131. The van der Waals surface area contributed by atoms with Crippen molar-refractivity contribution < 1.29 is 4.74 Å². The highest BCUT2D eigenvalue weighted by molar-refractivity contribution is 4.85. The number of rotatable bonds is 3. The average molecular weight is 197 g/mol. The first-order valence-electron chi connectivity index (χ1n) is 4.92. The van der Waals surface area contributed by atoms with Crippen LogP contribution in [0.5, 0.6) is 0 Å². The predicted molar refractivity (Wildman–Crippen MR) is 54.9 cm³/mol. The predicted octanol–water partition coefficient (Wildman–Crippen LogP) is 2.17. The van der Waals surface area contributed by atoms with Crippen LogP contribution in [0.4, 0.5) is 0 Å². The van der Waals surface area contributed by atoms with Gasteiger partial charge in [0.05, 0.1) is 5.60 Å². The van der Waals surface area contributed by atoms with E-state index in [0.29, 0.717) is 12.6 Å². The van der Waals surface area contributed by atoms with Crippen molar-refractivity contribution in [1.29, 1.82) is 0 Å². The normalized spacial score (nSPS) is 12.4. The molecule has 0 aliphatic carbocycles. The zero-order chi connectivity index (χ0) is 10.8. The summed E-state index contributed by atoms with van der Waals surface area (Å²) in [6.07, 6.45) is 1.74. The molecule has 0 saturated carbocycles. The molecule has 0 aromatic carbocycles. The fourth-order valence-electron chi connectivity index (χ4n) is 1.08. The van der Waals surface area contributed by atoms with Gasteiger partial charge in [-0.3, -0.25) is 0 Å². The lowest BCUT2D eigenvalue weighted by Gasteiger charge is -2.19. The molecule has 0 spiro atoms. The summed E-state index contributed by atoms with van der Waals surface area (Å²) < 4.78 is 7.66. The van der Waals surface area contributed by atoms with E-state index in [-0.39, 0.29) is 5.60 Å². The van der Waals surface area contributed by atoms with Crippen molar-refractivity contribution in [3.8, 4) is 0 Å². The molecule has 0 saturated heterocycles. The fourth-order valence-corrected chi connectivity index (χ4v) is 1.08. The Morgan fingerprint density at radius 1 is 1.43 bits per heavy atom. The molecule has 0 unspecified atom stereocenters. The van der Waals surface area contributed by atoms with Crippen LogP contribution in [0.3, 0.4) is 0 Å². The van der Waals surface area contributed by atoms with Crippen molar-refractivity contribution in [2.75, 3.05) is 0 Å². The van der Waals surface area contributed by atoms with E-state index in [1.165, 1.54) is 0 Å². The summed E-state index contributed by atoms with van der Waals surface area (Å²) in [5, 5.41) is 7.91. The molecule has 80 valence electrons. The van der Waals surface area contributed by atoms with Gasteiger partial charge < -0.3 is 9.30 Å². The topological polar surface area (TPSA) is 39.9 Å². The minimum Gasteiger partial charge on any atom is -0.368 e. The van der Waals surface area contributed by atoms with E-state index in [9.17, 15) is 0 Å².